The Labute approximate surface area is 212 Å². The Kier molecular flexibility index (Phi) is 7.06. The minimum absolute atomic E-state index is 0.00348. The molecule has 11 heteroatoms. The fourth-order valence-corrected chi connectivity index (χ4v) is 4.30. The average Bonchev–Trinajstić information content (AvgIpc) is 2.92. The minimum Gasteiger partial charge on any atom is -0.494 e. The molecule has 4 aromatic rings. The Morgan fingerprint density at radius 3 is 2.32 bits per heavy atom. The van der Waals surface area contributed by atoms with Crippen LogP contribution in [0, 0.1) is 5.82 Å². The highest BCUT2D eigenvalue weighted by Gasteiger charge is 2.17. The van der Waals surface area contributed by atoms with Gasteiger partial charge < -0.3 is 14.5 Å². The van der Waals surface area contributed by atoms with E-state index in [9.17, 15) is 14.0 Å². The second kappa shape index (κ2) is 10.6. The first-order valence-corrected chi connectivity index (χ1v) is 12.2. The SMILES string of the molecule is CN1CCN(CCCOc2ccc(-c3nnc4c(n3)c(=O)n(C)c(=O)n4-c3ccc(F)cc3)cc2)CC1. The average molecular weight is 506 g/mol. The summed E-state index contributed by atoms with van der Waals surface area (Å²) < 4.78 is 21.4. The molecule has 3 heterocycles. The zero-order valence-electron chi connectivity index (χ0n) is 20.8. The lowest BCUT2D eigenvalue weighted by atomic mass is 10.2. The maximum Gasteiger partial charge on any atom is 0.337 e. The summed E-state index contributed by atoms with van der Waals surface area (Å²) in [4.78, 5) is 34.9. The summed E-state index contributed by atoms with van der Waals surface area (Å²) in [6, 6.07) is 12.6. The van der Waals surface area contributed by atoms with Gasteiger partial charge in [-0.05, 0) is 62.0 Å². The molecule has 2 aromatic heterocycles. The predicted octanol–water partition coefficient (Wildman–Crippen LogP) is 1.70. The third-order valence-electron chi connectivity index (χ3n) is 6.55. The van der Waals surface area contributed by atoms with Gasteiger partial charge in [-0.1, -0.05) is 0 Å². The number of benzene rings is 2. The molecule has 1 saturated heterocycles. The zero-order valence-corrected chi connectivity index (χ0v) is 20.8. The summed E-state index contributed by atoms with van der Waals surface area (Å²) in [6.07, 6.45) is 0.947. The van der Waals surface area contributed by atoms with Crippen LogP contribution >= 0.6 is 0 Å². The number of nitrogens with zero attached hydrogens (tertiary/aromatic N) is 7. The topological polar surface area (TPSA) is 98.4 Å². The summed E-state index contributed by atoms with van der Waals surface area (Å²) in [7, 11) is 3.51. The molecule has 2 aromatic carbocycles. The van der Waals surface area contributed by atoms with Crippen molar-refractivity contribution in [2.24, 2.45) is 7.05 Å². The van der Waals surface area contributed by atoms with Gasteiger partial charge in [-0.15, -0.1) is 10.2 Å². The number of aromatic nitrogens is 5. The molecule has 0 radical (unpaired) electrons. The second-order valence-electron chi connectivity index (χ2n) is 9.14. The molecule has 1 fully saturated rings. The van der Waals surface area contributed by atoms with E-state index in [1.165, 1.54) is 35.9 Å². The van der Waals surface area contributed by atoms with E-state index in [1.807, 2.05) is 12.1 Å². The Morgan fingerprint density at radius 1 is 0.919 bits per heavy atom. The van der Waals surface area contributed by atoms with Gasteiger partial charge in [-0.2, -0.15) is 0 Å². The number of rotatable bonds is 7. The molecule has 1 aliphatic rings. The van der Waals surface area contributed by atoms with E-state index in [0.29, 0.717) is 17.9 Å². The Balaban J connectivity index is 1.33. The first-order chi connectivity index (χ1) is 17.9. The van der Waals surface area contributed by atoms with E-state index in [-0.39, 0.29) is 17.0 Å². The number of likely N-dealkylation sites (N-methyl/N-ethyl adjacent to an activating group) is 1. The van der Waals surface area contributed by atoms with Crippen LogP contribution in [-0.4, -0.2) is 80.5 Å². The molecule has 0 N–H and O–H groups in total. The predicted molar refractivity (Wildman–Crippen MR) is 138 cm³/mol. The van der Waals surface area contributed by atoms with Crippen molar-refractivity contribution >= 4 is 11.2 Å². The second-order valence-corrected chi connectivity index (χ2v) is 9.14. The van der Waals surface area contributed by atoms with Crippen LogP contribution in [0.15, 0.2) is 58.1 Å². The molecular formula is C26H28FN7O3. The smallest absolute Gasteiger partial charge is 0.337 e. The molecule has 37 heavy (non-hydrogen) atoms. The molecule has 0 saturated carbocycles. The van der Waals surface area contributed by atoms with Crippen molar-refractivity contribution in [3.05, 3.63) is 75.2 Å². The van der Waals surface area contributed by atoms with Gasteiger partial charge in [0.15, 0.2) is 17.0 Å². The summed E-state index contributed by atoms with van der Waals surface area (Å²) in [5, 5.41) is 8.32. The van der Waals surface area contributed by atoms with Crippen LogP contribution in [0.25, 0.3) is 28.2 Å². The summed E-state index contributed by atoms with van der Waals surface area (Å²) >= 11 is 0. The first kappa shape index (κ1) is 24.7. The Hall–Kier alpha value is -3.96. The standard InChI is InChI=1S/C26H28FN7O3/c1-31-13-15-33(16-14-31)12-3-17-37-21-10-4-18(5-11-21)23-28-22-24(30-29-23)34(26(36)32(2)25(22)35)20-8-6-19(27)7-9-20/h4-11H,3,12-17H2,1-2H3. The van der Waals surface area contributed by atoms with Gasteiger partial charge in [0.25, 0.3) is 5.56 Å². The third kappa shape index (κ3) is 5.27. The molecule has 0 unspecified atom stereocenters. The van der Waals surface area contributed by atoms with Gasteiger partial charge >= 0.3 is 5.69 Å². The lowest BCUT2D eigenvalue weighted by Crippen LogP contribution is -2.44. The van der Waals surface area contributed by atoms with Crippen LogP contribution in [0.3, 0.4) is 0 Å². The molecule has 0 spiro atoms. The number of hydrogen-bond acceptors (Lipinski definition) is 8. The van der Waals surface area contributed by atoms with Crippen molar-refractivity contribution in [3.63, 3.8) is 0 Å². The lowest BCUT2D eigenvalue weighted by Gasteiger charge is -2.32. The van der Waals surface area contributed by atoms with Gasteiger partial charge in [0.1, 0.15) is 11.6 Å². The quantitative estimate of drug-likeness (QED) is 0.350. The molecular weight excluding hydrogens is 477 g/mol. The fourth-order valence-electron chi connectivity index (χ4n) is 4.30. The molecule has 10 nitrogen and oxygen atoms in total. The molecule has 0 bridgehead atoms. The molecule has 0 aliphatic carbocycles. The summed E-state index contributed by atoms with van der Waals surface area (Å²) in [6.45, 7) is 6.02. The molecule has 1 aliphatic heterocycles. The van der Waals surface area contributed by atoms with Crippen molar-refractivity contribution in [1.82, 2.24) is 34.1 Å². The largest absolute Gasteiger partial charge is 0.494 e. The number of hydrogen-bond donors (Lipinski definition) is 0. The number of fused-ring (bicyclic) bond motifs is 1. The number of halogens is 1. The van der Waals surface area contributed by atoms with Crippen molar-refractivity contribution in [1.29, 1.82) is 0 Å². The van der Waals surface area contributed by atoms with E-state index in [2.05, 4.69) is 32.0 Å². The van der Waals surface area contributed by atoms with Gasteiger partial charge in [0.05, 0.1) is 12.3 Å². The highest BCUT2D eigenvalue weighted by molar-refractivity contribution is 5.73. The van der Waals surface area contributed by atoms with Crippen LogP contribution < -0.4 is 16.0 Å². The van der Waals surface area contributed by atoms with Crippen LogP contribution in [0.5, 0.6) is 5.75 Å². The third-order valence-corrected chi connectivity index (χ3v) is 6.55. The summed E-state index contributed by atoms with van der Waals surface area (Å²) in [5.41, 5.74) is -0.216. The molecule has 0 atom stereocenters. The van der Waals surface area contributed by atoms with Gasteiger partial charge in [-0.3, -0.25) is 9.36 Å². The van der Waals surface area contributed by atoms with Crippen molar-refractivity contribution < 1.29 is 9.13 Å². The zero-order chi connectivity index (χ0) is 25.9. The van der Waals surface area contributed by atoms with Crippen LogP contribution in [0.2, 0.25) is 0 Å². The van der Waals surface area contributed by atoms with Gasteiger partial charge in [-0.25, -0.2) is 18.7 Å². The minimum atomic E-state index is -0.623. The van der Waals surface area contributed by atoms with E-state index >= 15 is 0 Å². The highest BCUT2D eigenvalue weighted by atomic mass is 19.1. The Bertz CT molecular complexity index is 1510. The van der Waals surface area contributed by atoms with Crippen molar-refractivity contribution in [3.8, 4) is 22.8 Å². The van der Waals surface area contributed by atoms with Crippen LogP contribution in [0.4, 0.5) is 4.39 Å². The van der Waals surface area contributed by atoms with E-state index in [0.717, 1.165) is 49.5 Å². The molecule has 0 amide bonds. The van der Waals surface area contributed by atoms with E-state index < -0.39 is 17.1 Å². The van der Waals surface area contributed by atoms with Crippen LogP contribution in [0.1, 0.15) is 6.42 Å². The highest BCUT2D eigenvalue weighted by Crippen LogP contribution is 2.20. The first-order valence-electron chi connectivity index (χ1n) is 12.2. The normalized spacial score (nSPS) is 14.8. The molecule has 192 valence electrons. The Morgan fingerprint density at radius 2 is 1.62 bits per heavy atom. The molecule has 5 rings (SSSR count). The van der Waals surface area contributed by atoms with E-state index in [4.69, 9.17) is 4.74 Å². The number of ether oxygens (including phenoxy) is 1. The van der Waals surface area contributed by atoms with Crippen LogP contribution in [-0.2, 0) is 7.05 Å². The fraction of sp³-hybridized carbons (Fsp3) is 0.346. The van der Waals surface area contributed by atoms with Crippen molar-refractivity contribution in [2.45, 2.75) is 6.42 Å². The van der Waals surface area contributed by atoms with Crippen molar-refractivity contribution in [2.75, 3.05) is 46.4 Å². The monoisotopic (exact) mass is 505 g/mol. The van der Waals surface area contributed by atoms with Gasteiger partial charge in [0.2, 0.25) is 0 Å². The van der Waals surface area contributed by atoms with E-state index in [1.54, 1.807) is 12.1 Å². The maximum absolute atomic E-state index is 13.4. The lowest BCUT2D eigenvalue weighted by molar-refractivity contribution is 0.145. The number of piperazine rings is 1. The maximum atomic E-state index is 13.4. The van der Waals surface area contributed by atoms with Gasteiger partial charge in [0, 0.05) is 45.3 Å². The summed E-state index contributed by atoms with van der Waals surface area (Å²) in [5.74, 6) is 0.535.